The summed E-state index contributed by atoms with van der Waals surface area (Å²) in [6.07, 6.45) is -4.91. The minimum atomic E-state index is -4.91. The van der Waals surface area contributed by atoms with Gasteiger partial charge >= 0.3 is 12.3 Å². The van der Waals surface area contributed by atoms with E-state index >= 15 is 0 Å². The smallest absolute Gasteiger partial charge is 0.478 e. The first-order chi connectivity index (χ1) is 7.74. The van der Waals surface area contributed by atoms with Gasteiger partial charge in [0.05, 0.1) is 14.8 Å². The van der Waals surface area contributed by atoms with E-state index in [-0.39, 0.29) is 20.2 Å². The molecular weight excluding hydrogens is 422 g/mol. The zero-order valence-corrected chi connectivity index (χ0v) is 11.6. The number of halogens is 5. The number of pyridine rings is 1. The van der Waals surface area contributed by atoms with E-state index in [1.54, 1.807) is 0 Å². The highest BCUT2D eigenvalue weighted by molar-refractivity contribution is 14.1. The lowest BCUT2D eigenvalue weighted by atomic mass is 10.2. The number of alkyl halides is 4. The van der Waals surface area contributed by atoms with Crippen LogP contribution < -0.4 is 4.74 Å². The third-order valence-corrected chi connectivity index (χ3v) is 3.18. The number of aromatic nitrogens is 1. The molecule has 1 aromatic rings. The van der Waals surface area contributed by atoms with Crippen molar-refractivity contribution in [3.8, 4) is 5.88 Å². The van der Waals surface area contributed by atoms with Gasteiger partial charge in [-0.05, 0) is 28.7 Å². The summed E-state index contributed by atoms with van der Waals surface area (Å²) in [7, 11) is 0. The summed E-state index contributed by atoms with van der Waals surface area (Å²) in [4.78, 5) is 14.4. The fourth-order valence-electron chi connectivity index (χ4n) is 0.958. The van der Waals surface area contributed by atoms with E-state index in [0.29, 0.717) is 0 Å². The normalized spacial score (nSPS) is 11.4. The van der Waals surface area contributed by atoms with E-state index in [2.05, 4.69) is 25.7 Å². The monoisotopic (exact) mass is 425 g/mol. The Balaban J connectivity index is 3.29. The van der Waals surface area contributed by atoms with Gasteiger partial charge in [-0.25, -0.2) is 9.78 Å². The molecule has 0 fully saturated rings. The molecule has 0 saturated heterocycles. The van der Waals surface area contributed by atoms with Crippen molar-refractivity contribution in [2.75, 3.05) is 0 Å². The van der Waals surface area contributed by atoms with Gasteiger partial charge in [-0.15, -0.1) is 13.2 Å². The third-order valence-electron chi connectivity index (χ3n) is 1.56. The minimum absolute atomic E-state index is 0.123. The Hall–Kier alpha value is -0.580. The largest absolute Gasteiger partial charge is 0.574 e. The first kappa shape index (κ1) is 14.5. The van der Waals surface area contributed by atoms with E-state index < -0.39 is 18.2 Å². The van der Waals surface area contributed by atoms with Crippen LogP contribution in [-0.2, 0) is 5.33 Å². The molecule has 94 valence electrons. The molecule has 0 aliphatic rings. The van der Waals surface area contributed by atoms with Crippen molar-refractivity contribution in [3.63, 3.8) is 0 Å². The fourth-order valence-corrected chi connectivity index (χ4v) is 1.86. The van der Waals surface area contributed by atoms with Crippen molar-refractivity contribution in [1.29, 1.82) is 0 Å². The van der Waals surface area contributed by atoms with Crippen molar-refractivity contribution in [3.05, 3.63) is 20.9 Å². The van der Waals surface area contributed by atoms with Crippen LogP contribution in [0.4, 0.5) is 13.2 Å². The topological polar surface area (TPSA) is 59.4 Å². The molecule has 0 unspecified atom stereocenters. The average Bonchev–Trinajstić information content (AvgIpc) is 2.18. The molecule has 0 aliphatic carbocycles. The number of rotatable bonds is 3. The molecule has 0 amide bonds. The molecule has 1 aromatic heterocycles. The fraction of sp³-hybridized carbons (Fsp3) is 0.250. The average molecular weight is 426 g/mol. The Morgan fingerprint density at radius 3 is 2.59 bits per heavy atom. The Bertz CT molecular complexity index is 452. The number of ether oxygens (including phenoxy) is 1. The Kier molecular flexibility index (Phi) is 4.58. The van der Waals surface area contributed by atoms with Gasteiger partial charge in [-0.3, -0.25) is 0 Å². The van der Waals surface area contributed by atoms with Crippen LogP contribution in [0.5, 0.6) is 5.88 Å². The lowest BCUT2D eigenvalue weighted by molar-refractivity contribution is -0.276. The number of hydrogen-bond acceptors (Lipinski definition) is 3. The highest BCUT2D eigenvalue weighted by atomic mass is 127. The van der Waals surface area contributed by atoms with Crippen LogP contribution in [0.15, 0.2) is 6.07 Å². The lowest BCUT2D eigenvalue weighted by Crippen LogP contribution is -2.20. The van der Waals surface area contributed by atoms with Crippen molar-refractivity contribution < 1.29 is 27.8 Å². The molecule has 1 rings (SSSR count). The Labute approximate surface area is 115 Å². The molecular formula is C8H4BrF3INO3. The summed E-state index contributed by atoms with van der Waals surface area (Å²) in [5, 5.41) is 8.95. The second-order valence-electron chi connectivity index (χ2n) is 2.77. The van der Waals surface area contributed by atoms with Gasteiger partial charge in [0.2, 0.25) is 5.88 Å². The van der Waals surface area contributed by atoms with Gasteiger partial charge in [0, 0.05) is 5.33 Å². The number of aromatic carboxylic acids is 1. The van der Waals surface area contributed by atoms with Gasteiger partial charge in [0.25, 0.3) is 0 Å². The van der Waals surface area contributed by atoms with Crippen molar-refractivity contribution in [2.45, 2.75) is 11.7 Å². The predicted molar refractivity (Wildman–Crippen MR) is 63.2 cm³/mol. The van der Waals surface area contributed by atoms with E-state index in [1.165, 1.54) is 28.7 Å². The molecule has 4 nitrogen and oxygen atoms in total. The molecule has 0 saturated carbocycles. The van der Waals surface area contributed by atoms with Gasteiger partial charge < -0.3 is 9.84 Å². The molecule has 1 heterocycles. The second kappa shape index (κ2) is 5.38. The SMILES string of the molecule is O=C(O)c1cc(CBr)nc(OC(F)(F)F)c1I. The standard InChI is InChI=1S/C8H4BrF3INO3/c9-2-3-1-4(7(15)16)5(13)6(14-3)17-8(10,11)12/h1H,2H2,(H,15,16). The van der Waals surface area contributed by atoms with Crippen molar-refractivity contribution in [2.24, 2.45) is 0 Å². The van der Waals surface area contributed by atoms with E-state index in [4.69, 9.17) is 5.11 Å². The Morgan fingerprint density at radius 2 is 2.18 bits per heavy atom. The summed E-state index contributed by atoms with van der Waals surface area (Å²) >= 11 is 4.43. The lowest BCUT2D eigenvalue weighted by Gasteiger charge is -2.12. The van der Waals surface area contributed by atoms with Gasteiger partial charge in [0.15, 0.2) is 0 Å². The summed E-state index contributed by atoms with van der Waals surface area (Å²) in [5.41, 5.74) is -0.142. The van der Waals surface area contributed by atoms with Crippen molar-refractivity contribution >= 4 is 44.5 Å². The first-order valence-corrected chi connectivity index (χ1v) is 6.19. The number of hydrogen-bond donors (Lipinski definition) is 1. The van der Waals surface area contributed by atoms with Crippen LogP contribution in [-0.4, -0.2) is 22.4 Å². The summed E-state index contributed by atoms with van der Waals surface area (Å²) in [6, 6.07) is 1.18. The molecule has 1 N–H and O–H groups in total. The van der Waals surface area contributed by atoms with Crippen molar-refractivity contribution in [1.82, 2.24) is 4.98 Å². The van der Waals surface area contributed by atoms with Gasteiger partial charge in [0.1, 0.15) is 0 Å². The van der Waals surface area contributed by atoms with Crippen LogP contribution in [0.2, 0.25) is 0 Å². The summed E-state index contributed by atoms with van der Waals surface area (Å²) < 4.78 is 39.7. The first-order valence-electron chi connectivity index (χ1n) is 3.99. The number of nitrogens with zero attached hydrogens (tertiary/aromatic N) is 1. The van der Waals surface area contributed by atoms with Crippen LogP contribution in [0.25, 0.3) is 0 Å². The quantitative estimate of drug-likeness (QED) is 0.597. The molecule has 0 bridgehead atoms. The maximum atomic E-state index is 12.1. The zero-order valence-electron chi connectivity index (χ0n) is 7.89. The summed E-state index contributed by atoms with van der Waals surface area (Å²) in [6.45, 7) is 0. The molecule has 0 spiro atoms. The van der Waals surface area contributed by atoms with Gasteiger partial charge in [-0.1, -0.05) is 15.9 Å². The van der Waals surface area contributed by atoms with E-state index in [1.807, 2.05) is 0 Å². The minimum Gasteiger partial charge on any atom is -0.478 e. The maximum absolute atomic E-state index is 12.1. The molecule has 17 heavy (non-hydrogen) atoms. The highest BCUT2D eigenvalue weighted by Crippen LogP contribution is 2.29. The zero-order chi connectivity index (χ0) is 13.2. The Morgan fingerprint density at radius 1 is 1.59 bits per heavy atom. The number of carboxylic acids is 1. The van der Waals surface area contributed by atoms with Gasteiger partial charge in [-0.2, -0.15) is 0 Å². The molecule has 0 aromatic carbocycles. The molecule has 9 heteroatoms. The highest BCUT2D eigenvalue weighted by Gasteiger charge is 2.33. The van der Waals surface area contributed by atoms with Crippen LogP contribution in [0.1, 0.15) is 16.1 Å². The third kappa shape index (κ3) is 3.98. The van der Waals surface area contributed by atoms with Crippen LogP contribution in [0, 0.1) is 3.57 Å². The molecule has 0 atom stereocenters. The maximum Gasteiger partial charge on any atom is 0.574 e. The van der Waals surface area contributed by atoms with E-state index in [9.17, 15) is 18.0 Å². The molecule has 0 aliphatic heterocycles. The van der Waals surface area contributed by atoms with Crippen LogP contribution >= 0.6 is 38.5 Å². The second-order valence-corrected chi connectivity index (χ2v) is 4.41. The number of carbonyl (C=O) groups is 1. The van der Waals surface area contributed by atoms with Crippen LogP contribution in [0.3, 0.4) is 0 Å². The van der Waals surface area contributed by atoms with E-state index in [0.717, 1.165) is 0 Å². The summed E-state index contributed by atoms with van der Waals surface area (Å²) in [5.74, 6) is -2.10. The predicted octanol–water partition coefficient (Wildman–Crippen LogP) is 3.18. The molecule has 0 radical (unpaired) electrons. The number of carboxylic acid groups (broad SMARTS) is 1.